The van der Waals surface area contributed by atoms with Crippen molar-refractivity contribution in [1.82, 2.24) is 15.1 Å². The lowest BCUT2D eigenvalue weighted by molar-refractivity contribution is 0.0867. The molecule has 0 fully saturated rings. The maximum Gasteiger partial charge on any atom is 0.254 e. The first-order chi connectivity index (χ1) is 11.5. The van der Waals surface area contributed by atoms with Gasteiger partial charge in [0.2, 0.25) is 0 Å². The summed E-state index contributed by atoms with van der Waals surface area (Å²) in [6, 6.07) is 6.18. The molecule has 0 radical (unpaired) electrons. The van der Waals surface area contributed by atoms with Gasteiger partial charge in [-0.3, -0.25) is 4.79 Å². The minimum absolute atomic E-state index is 0.0170. The molecule has 130 valence electrons. The Labute approximate surface area is 142 Å². The third-order valence-corrected chi connectivity index (χ3v) is 3.83. The van der Waals surface area contributed by atoms with E-state index in [4.69, 9.17) is 9.84 Å². The minimum Gasteiger partial charge on any atom is -0.394 e. The van der Waals surface area contributed by atoms with Crippen LogP contribution in [0, 0.1) is 20.8 Å². The molecule has 0 aliphatic rings. The largest absolute Gasteiger partial charge is 0.394 e. The number of carbonyl (C=O) groups is 1. The van der Waals surface area contributed by atoms with Crippen molar-refractivity contribution in [3.8, 4) is 5.69 Å². The van der Waals surface area contributed by atoms with E-state index in [1.54, 1.807) is 6.20 Å². The number of aliphatic hydroxyl groups excluding tert-OH is 1. The van der Waals surface area contributed by atoms with E-state index < -0.39 is 0 Å². The normalized spacial score (nSPS) is 10.8. The zero-order chi connectivity index (χ0) is 17.5. The Morgan fingerprint density at radius 1 is 1.29 bits per heavy atom. The van der Waals surface area contributed by atoms with Crippen molar-refractivity contribution in [2.24, 2.45) is 0 Å². The van der Waals surface area contributed by atoms with Crippen LogP contribution in [0.5, 0.6) is 0 Å². The second kappa shape index (κ2) is 8.61. The Kier molecular flexibility index (Phi) is 6.52. The maximum atomic E-state index is 12.3. The fraction of sp³-hybridized carbons (Fsp3) is 0.444. The molecule has 1 aromatic heterocycles. The van der Waals surface area contributed by atoms with E-state index in [2.05, 4.69) is 28.6 Å². The quantitative estimate of drug-likeness (QED) is 0.725. The highest BCUT2D eigenvalue weighted by Crippen LogP contribution is 2.19. The summed E-state index contributed by atoms with van der Waals surface area (Å²) >= 11 is 0. The van der Waals surface area contributed by atoms with Crippen molar-refractivity contribution in [2.75, 3.05) is 26.4 Å². The van der Waals surface area contributed by atoms with Crippen LogP contribution in [0.4, 0.5) is 0 Å². The van der Waals surface area contributed by atoms with Crippen LogP contribution >= 0.6 is 0 Å². The van der Waals surface area contributed by atoms with Gasteiger partial charge in [-0.2, -0.15) is 5.10 Å². The topological polar surface area (TPSA) is 76.4 Å². The second-order valence-corrected chi connectivity index (χ2v) is 5.79. The van der Waals surface area contributed by atoms with Gasteiger partial charge in [0, 0.05) is 13.2 Å². The van der Waals surface area contributed by atoms with Crippen LogP contribution in [-0.4, -0.2) is 47.2 Å². The first-order valence-corrected chi connectivity index (χ1v) is 8.13. The smallest absolute Gasteiger partial charge is 0.254 e. The van der Waals surface area contributed by atoms with Gasteiger partial charge in [0.15, 0.2) is 0 Å². The Hall–Kier alpha value is -2.18. The summed E-state index contributed by atoms with van der Waals surface area (Å²) in [4.78, 5) is 12.3. The predicted molar refractivity (Wildman–Crippen MR) is 92.6 cm³/mol. The van der Waals surface area contributed by atoms with Crippen LogP contribution in [-0.2, 0) is 4.74 Å². The number of aliphatic hydroxyl groups is 1. The molecule has 2 N–H and O–H groups in total. The molecule has 6 nitrogen and oxygen atoms in total. The van der Waals surface area contributed by atoms with Crippen molar-refractivity contribution in [1.29, 1.82) is 0 Å². The van der Waals surface area contributed by atoms with E-state index in [-0.39, 0.29) is 12.5 Å². The second-order valence-electron chi connectivity index (χ2n) is 5.79. The molecule has 0 aliphatic heterocycles. The lowest BCUT2D eigenvalue weighted by Crippen LogP contribution is -2.25. The van der Waals surface area contributed by atoms with Gasteiger partial charge in [0.25, 0.3) is 5.91 Å². The molecule has 0 spiro atoms. The first kappa shape index (κ1) is 18.2. The monoisotopic (exact) mass is 331 g/mol. The van der Waals surface area contributed by atoms with Crippen LogP contribution in [0.15, 0.2) is 24.4 Å². The highest BCUT2D eigenvalue weighted by molar-refractivity contribution is 5.95. The van der Waals surface area contributed by atoms with Crippen LogP contribution in [0.25, 0.3) is 5.69 Å². The van der Waals surface area contributed by atoms with Gasteiger partial charge in [0.05, 0.1) is 36.4 Å². The molecule has 0 aliphatic carbocycles. The van der Waals surface area contributed by atoms with Gasteiger partial charge >= 0.3 is 0 Å². The number of hydrogen-bond acceptors (Lipinski definition) is 4. The first-order valence-electron chi connectivity index (χ1n) is 8.13. The van der Waals surface area contributed by atoms with E-state index >= 15 is 0 Å². The SMILES string of the molecule is Cc1ccc(C)c(-n2ncc(C(=O)NCCCOCCO)c2C)c1. The molecule has 0 saturated heterocycles. The van der Waals surface area contributed by atoms with Crippen LogP contribution in [0.3, 0.4) is 0 Å². The summed E-state index contributed by atoms with van der Waals surface area (Å²) in [7, 11) is 0. The summed E-state index contributed by atoms with van der Waals surface area (Å²) in [6.45, 7) is 7.35. The van der Waals surface area contributed by atoms with Crippen molar-refractivity contribution in [3.63, 3.8) is 0 Å². The molecule has 2 rings (SSSR count). The van der Waals surface area contributed by atoms with Crippen molar-refractivity contribution in [3.05, 3.63) is 46.8 Å². The number of rotatable bonds is 8. The highest BCUT2D eigenvalue weighted by Gasteiger charge is 2.15. The molecule has 24 heavy (non-hydrogen) atoms. The summed E-state index contributed by atoms with van der Waals surface area (Å²) in [5.74, 6) is -0.133. The third kappa shape index (κ3) is 4.43. The van der Waals surface area contributed by atoms with Gasteiger partial charge < -0.3 is 15.2 Å². The highest BCUT2D eigenvalue weighted by atomic mass is 16.5. The zero-order valence-electron chi connectivity index (χ0n) is 14.5. The Morgan fingerprint density at radius 2 is 2.08 bits per heavy atom. The standard InChI is InChI=1S/C18H25N3O3/c1-13-5-6-14(2)17(11-13)21-15(3)16(12-20-21)18(23)19-7-4-9-24-10-8-22/h5-6,11-12,22H,4,7-10H2,1-3H3,(H,19,23). The molecule has 1 amide bonds. The van der Waals surface area contributed by atoms with Crippen molar-refractivity contribution < 1.29 is 14.6 Å². The fourth-order valence-electron chi connectivity index (χ4n) is 2.46. The van der Waals surface area contributed by atoms with Crippen molar-refractivity contribution in [2.45, 2.75) is 27.2 Å². The van der Waals surface area contributed by atoms with Gasteiger partial charge in [-0.25, -0.2) is 4.68 Å². The van der Waals surface area contributed by atoms with Gasteiger partial charge in [-0.1, -0.05) is 12.1 Å². The molecule has 0 unspecified atom stereocenters. The Morgan fingerprint density at radius 3 is 2.83 bits per heavy atom. The molecule has 1 aromatic carbocycles. The van der Waals surface area contributed by atoms with Crippen molar-refractivity contribution >= 4 is 5.91 Å². The molecule has 2 aromatic rings. The number of carbonyl (C=O) groups excluding carboxylic acids is 1. The number of ether oxygens (including phenoxy) is 1. The lowest BCUT2D eigenvalue weighted by atomic mass is 10.1. The summed E-state index contributed by atoms with van der Waals surface area (Å²) in [6.07, 6.45) is 2.31. The molecule has 1 heterocycles. The predicted octanol–water partition coefficient (Wildman–Crippen LogP) is 1.93. The fourth-order valence-corrected chi connectivity index (χ4v) is 2.46. The number of aryl methyl sites for hydroxylation is 2. The Bertz CT molecular complexity index is 695. The Balaban J connectivity index is 2.01. The third-order valence-electron chi connectivity index (χ3n) is 3.83. The van der Waals surface area contributed by atoms with E-state index in [1.165, 1.54) is 0 Å². The molecule has 0 bridgehead atoms. The van der Waals surface area contributed by atoms with E-state index in [1.807, 2.05) is 25.5 Å². The number of nitrogens with one attached hydrogen (secondary N) is 1. The summed E-state index contributed by atoms with van der Waals surface area (Å²) in [5, 5.41) is 15.9. The van der Waals surface area contributed by atoms with E-state index in [0.29, 0.717) is 31.7 Å². The summed E-state index contributed by atoms with van der Waals surface area (Å²) < 4.78 is 6.97. The number of amides is 1. The minimum atomic E-state index is -0.133. The van der Waals surface area contributed by atoms with Crippen LogP contribution in [0.1, 0.15) is 33.6 Å². The molecule has 0 saturated carbocycles. The molecule has 0 atom stereocenters. The van der Waals surface area contributed by atoms with Crippen LogP contribution < -0.4 is 5.32 Å². The number of benzene rings is 1. The zero-order valence-corrected chi connectivity index (χ0v) is 14.5. The van der Waals surface area contributed by atoms with Gasteiger partial charge in [-0.05, 0) is 44.4 Å². The summed E-state index contributed by atoms with van der Waals surface area (Å²) in [5.41, 5.74) is 4.65. The number of nitrogens with zero attached hydrogens (tertiary/aromatic N) is 2. The molecular formula is C18H25N3O3. The number of aromatic nitrogens is 2. The van der Waals surface area contributed by atoms with E-state index in [0.717, 1.165) is 22.5 Å². The van der Waals surface area contributed by atoms with Gasteiger partial charge in [-0.15, -0.1) is 0 Å². The molecular weight excluding hydrogens is 306 g/mol. The average Bonchev–Trinajstić information content (AvgIpc) is 2.94. The molecule has 6 heteroatoms. The van der Waals surface area contributed by atoms with Crippen LogP contribution in [0.2, 0.25) is 0 Å². The average molecular weight is 331 g/mol. The maximum absolute atomic E-state index is 12.3. The number of hydrogen-bond donors (Lipinski definition) is 2. The van der Waals surface area contributed by atoms with E-state index in [9.17, 15) is 4.79 Å². The van der Waals surface area contributed by atoms with Gasteiger partial charge in [0.1, 0.15) is 0 Å². The lowest BCUT2D eigenvalue weighted by Gasteiger charge is -2.10.